The average Bonchev–Trinajstić information content (AvgIpc) is 3.04. The monoisotopic (exact) mass is 375 g/mol. The second kappa shape index (κ2) is 11.1. The second-order valence-electron chi connectivity index (χ2n) is 6.93. The second-order valence-corrected chi connectivity index (χ2v) is 6.93. The molecule has 0 atom stereocenters. The van der Waals surface area contributed by atoms with Crippen molar-refractivity contribution in [2.75, 3.05) is 51.1 Å². The van der Waals surface area contributed by atoms with Crippen molar-refractivity contribution < 1.29 is 5.11 Å². The van der Waals surface area contributed by atoms with Crippen LogP contribution in [0.25, 0.3) is 10.9 Å². The van der Waals surface area contributed by atoms with Gasteiger partial charge in [0.2, 0.25) is 0 Å². The Labute approximate surface area is 164 Å². The molecule has 1 heterocycles. The number of nitrogens with zero attached hydrogens (tertiary/aromatic N) is 4. The molecular weight excluding hydrogens is 338 g/mol. The molecule has 0 saturated heterocycles. The molecule has 0 amide bonds. The van der Waals surface area contributed by atoms with Crippen molar-refractivity contribution >= 4 is 16.7 Å². The number of fused-ring (bicyclic) bond motifs is 1. The Kier molecular flexibility index (Phi) is 8.88. The van der Waals surface area contributed by atoms with E-state index >= 15 is 0 Å². The van der Waals surface area contributed by atoms with Gasteiger partial charge in [0, 0.05) is 13.1 Å². The molecule has 0 spiro atoms. The molecule has 6 heteroatoms. The standard InChI is InChI=1S/C21H37N5O/c1-5-24(6-2)15-10-14-22-21-20-18(12-9-13-19(20)27)26(23-21)17-11-16-25(7-3)8-4/h9,12-13,27H,5-8,10-11,14-17H2,1-4H3,(H,22,23). The molecule has 27 heavy (non-hydrogen) atoms. The van der Waals surface area contributed by atoms with Crippen LogP contribution in [0.2, 0.25) is 0 Å². The SMILES string of the molecule is CCN(CC)CCCNc1nn(CCCN(CC)CC)c2cccc(O)c12. The zero-order valence-electron chi connectivity index (χ0n) is 17.5. The molecule has 1 aromatic heterocycles. The van der Waals surface area contributed by atoms with Gasteiger partial charge in [-0.15, -0.1) is 0 Å². The molecule has 0 radical (unpaired) electrons. The Morgan fingerprint density at radius 3 is 2.22 bits per heavy atom. The Balaban J connectivity index is 2.03. The summed E-state index contributed by atoms with van der Waals surface area (Å²) in [5, 5.41) is 19.4. The summed E-state index contributed by atoms with van der Waals surface area (Å²) in [6.45, 7) is 17.0. The van der Waals surface area contributed by atoms with Crippen molar-refractivity contribution in [3.05, 3.63) is 18.2 Å². The van der Waals surface area contributed by atoms with E-state index in [4.69, 9.17) is 5.10 Å². The van der Waals surface area contributed by atoms with E-state index in [-0.39, 0.29) is 0 Å². The third-order valence-corrected chi connectivity index (χ3v) is 5.33. The Morgan fingerprint density at radius 1 is 0.963 bits per heavy atom. The molecule has 0 unspecified atom stereocenters. The van der Waals surface area contributed by atoms with E-state index in [1.165, 1.54) is 0 Å². The molecule has 0 aliphatic heterocycles. The number of nitrogens with one attached hydrogen (secondary N) is 1. The minimum absolute atomic E-state index is 0.300. The molecule has 0 aliphatic rings. The smallest absolute Gasteiger partial charge is 0.159 e. The molecule has 0 bridgehead atoms. The first-order chi connectivity index (χ1) is 13.1. The molecule has 2 N–H and O–H groups in total. The van der Waals surface area contributed by atoms with Gasteiger partial charge >= 0.3 is 0 Å². The minimum atomic E-state index is 0.300. The lowest BCUT2D eigenvalue weighted by molar-refractivity contribution is 0.292. The number of phenolic OH excluding ortho intramolecular Hbond substituents is 1. The van der Waals surface area contributed by atoms with E-state index in [1.54, 1.807) is 6.07 Å². The van der Waals surface area contributed by atoms with Crippen molar-refractivity contribution in [3.8, 4) is 5.75 Å². The number of aromatic hydroxyl groups is 1. The first-order valence-corrected chi connectivity index (χ1v) is 10.5. The summed E-state index contributed by atoms with van der Waals surface area (Å²) in [6, 6.07) is 5.68. The van der Waals surface area contributed by atoms with Crippen molar-refractivity contribution in [2.24, 2.45) is 0 Å². The van der Waals surface area contributed by atoms with E-state index in [0.717, 1.165) is 81.9 Å². The number of hydrogen-bond acceptors (Lipinski definition) is 5. The Bertz CT molecular complexity index is 677. The summed E-state index contributed by atoms with van der Waals surface area (Å²) in [5.41, 5.74) is 1.00. The molecule has 2 aromatic rings. The van der Waals surface area contributed by atoms with Gasteiger partial charge in [-0.2, -0.15) is 5.10 Å². The number of anilines is 1. The topological polar surface area (TPSA) is 56.6 Å². The first kappa shape index (κ1) is 21.5. The Morgan fingerprint density at radius 2 is 1.59 bits per heavy atom. The van der Waals surface area contributed by atoms with Crippen LogP contribution in [0, 0.1) is 0 Å². The number of hydrogen-bond donors (Lipinski definition) is 2. The number of benzene rings is 1. The lowest BCUT2D eigenvalue weighted by atomic mass is 10.2. The number of phenols is 1. The maximum Gasteiger partial charge on any atom is 0.159 e. The average molecular weight is 376 g/mol. The van der Waals surface area contributed by atoms with E-state index in [0.29, 0.717) is 5.75 Å². The van der Waals surface area contributed by atoms with Crippen LogP contribution in [0.1, 0.15) is 40.5 Å². The fourth-order valence-corrected chi connectivity index (χ4v) is 3.54. The van der Waals surface area contributed by atoms with Gasteiger partial charge in [-0.3, -0.25) is 4.68 Å². The Hall–Kier alpha value is -1.79. The predicted octanol–water partition coefficient (Wildman–Crippen LogP) is 3.62. The van der Waals surface area contributed by atoms with E-state index in [1.807, 2.05) is 16.8 Å². The van der Waals surface area contributed by atoms with Crippen LogP contribution in [-0.2, 0) is 6.54 Å². The fourth-order valence-electron chi connectivity index (χ4n) is 3.54. The molecule has 0 saturated carbocycles. The maximum atomic E-state index is 10.4. The highest BCUT2D eigenvalue weighted by molar-refractivity contribution is 5.95. The van der Waals surface area contributed by atoms with Crippen molar-refractivity contribution in [3.63, 3.8) is 0 Å². The third-order valence-electron chi connectivity index (χ3n) is 5.33. The zero-order chi connectivity index (χ0) is 19.6. The van der Waals surface area contributed by atoms with Gasteiger partial charge in [-0.05, 0) is 64.2 Å². The van der Waals surface area contributed by atoms with Crippen molar-refractivity contribution in [1.29, 1.82) is 0 Å². The van der Waals surface area contributed by atoms with E-state index < -0.39 is 0 Å². The van der Waals surface area contributed by atoms with Crippen LogP contribution >= 0.6 is 0 Å². The molecular formula is C21H37N5O. The number of rotatable bonds is 13. The lowest BCUT2D eigenvalue weighted by Crippen LogP contribution is -2.25. The lowest BCUT2D eigenvalue weighted by Gasteiger charge is -2.17. The molecule has 2 rings (SSSR count). The summed E-state index contributed by atoms with van der Waals surface area (Å²) in [7, 11) is 0. The summed E-state index contributed by atoms with van der Waals surface area (Å²) in [5.74, 6) is 1.10. The van der Waals surface area contributed by atoms with Gasteiger partial charge < -0.3 is 20.2 Å². The summed E-state index contributed by atoms with van der Waals surface area (Å²) >= 11 is 0. The van der Waals surface area contributed by atoms with Crippen LogP contribution in [0.4, 0.5) is 5.82 Å². The van der Waals surface area contributed by atoms with Gasteiger partial charge in [-0.1, -0.05) is 33.8 Å². The largest absolute Gasteiger partial charge is 0.507 e. The molecule has 0 aliphatic carbocycles. The van der Waals surface area contributed by atoms with Gasteiger partial charge in [0.1, 0.15) is 5.75 Å². The van der Waals surface area contributed by atoms with Gasteiger partial charge in [0.25, 0.3) is 0 Å². The number of aryl methyl sites for hydroxylation is 1. The molecule has 0 fully saturated rings. The summed E-state index contributed by atoms with van der Waals surface area (Å²) in [6.07, 6.45) is 2.11. The highest BCUT2D eigenvalue weighted by atomic mass is 16.3. The predicted molar refractivity (Wildman–Crippen MR) is 115 cm³/mol. The quantitative estimate of drug-likeness (QED) is 0.524. The van der Waals surface area contributed by atoms with Crippen LogP contribution in [-0.4, -0.2) is 70.5 Å². The van der Waals surface area contributed by atoms with Crippen LogP contribution in [0.5, 0.6) is 5.75 Å². The van der Waals surface area contributed by atoms with Gasteiger partial charge in [0.05, 0.1) is 10.9 Å². The maximum absolute atomic E-state index is 10.4. The van der Waals surface area contributed by atoms with Crippen LogP contribution < -0.4 is 5.32 Å². The van der Waals surface area contributed by atoms with E-state index in [9.17, 15) is 5.11 Å². The van der Waals surface area contributed by atoms with Crippen molar-refractivity contribution in [2.45, 2.75) is 47.1 Å². The van der Waals surface area contributed by atoms with Gasteiger partial charge in [-0.25, -0.2) is 0 Å². The summed E-state index contributed by atoms with van der Waals surface area (Å²) in [4.78, 5) is 4.85. The van der Waals surface area contributed by atoms with E-state index in [2.05, 4.69) is 42.8 Å². The number of aromatic nitrogens is 2. The normalized spacial score (nSPS) is 11.8. The first-order valence-electron chi connectivity index (χ1n) is 10.5. The minimum Gasteiger partial charge on any atom is -0.507 e. The molecule has 152 valence electrons. The third kappa shape index (κ3) is 5.84. The highest BCUT2D eigenvalue weighted by Gasteiger charge is 2.14. The molecule has 1 aromatic carbocycles. The van der Waals surface area contributed by atoms with Crippen molar-refractivity contribution in [1.82, 2.24) is 19.6 Å². The van der Waals surface area contributed by atoms with Crippen LogP contribution in [0.3, 0.4) is 0 Å². The molecule has 6 nitrogen and oxygen atoms in total. The fraction of sp³-hybridized carbons (Fsp3) is 0.667. The van der Waals surface area contributed by atoms with Crippen LogP contribution in [0.15, 0.2) is 18.2 Å². The highest BCUT2D eigenvalue weighted by Crippen LogP contribution is 2.31. The summed E-state index contributed by atoms with van der Waals surface area (Å²) < 4.78 is 2.03. The van der Waals surface area contributed by atoms with Gasteiger partial charge in [0.15, 0.2) is 5.82 Å². The zero-order valence-corrected chi connectivity index (χ0v) is 17.5.